The van der Waals surface area contributed by atoms with E-state index in [-0.39, 0.29) is 24.0 Å². The fraction of sp³-hybridized carbons (Fsp3) is 0.588. The van der Waals surface area contributed by atoms with E-state index in [1.54, 1.807) is 12.1 Å². The van der Waals surface area contributed by atoms with Gasteiger partial charge >= 0.3 is 0 Å². The van der Waals surface area contributed by atoms with Crippen molar-refractivity contribution in [3.63, 3.8) is 0 Å². The summed E-state index contributed by atoms with van der Waals surface area (Å²) >= 11 is 0. The van der Waals surface area contributed by atoms with Gasteiger partial charge < -0.3 is 10.0 Å². The molecule has 5 nitrogen and oxygen atoms in total. The highest BCUT2D eigenvalue weighted by Crippen LogP contribution is 2.35. The van der Waals surface area contributed by atoms with E-state index >= 15 is 0 Å². The third kappa shape index (κ3) is 2.84. The third-order valence-electron chi connectivity index (χ3n) is 4.95. The number of aliphatic hydroxyl groups is 1. The molecule has 1 aromatic rings. The molecule has 1 aliphatic carbocycles. The maximum Gasteiger partial charge on any atom is 0.272 e. The van der Waals surface area contributed by atoms with Crippen LogP contribution in [-0.2, 0) is 0 Å². The zero-order valence-electron chi connectivity index (χ0n) is 12.6. The molecule has 1 saturated carbocycles. The van der Waals surface area contributed by atoms with E-state index in [1.807, 2.05) is 11.0 Å². The van der Waals surface area contributed by atoms with Crippen molar-refractivity contribution < 1.29 is 9.90 Å². The number of pyridine rings is 1. The average Bonchev–Trinajstić information content (AvgIpc) is 3.04. The monoisotopic (exact) mass is 299 g/mol. The predicted molar refractivity (Wildman–Crippen MR) is 81.0 cm³/mol. The highest BCUT2D eigenvalue weighted by molar-refractivity contribution is 5.92. The van der Waals surface area contributed by atoms with Crippen LogP contribution >= 0.6 is 0 Å². The zero-order chi connectivity index (χ0) is 15.5. The molecule has 0 unspecified atom stereocenters. The Balaban J connectivity index is 1.77. The van der Waals surface area contributed by atoms with E-state index < -0.39 is 0 Å². The molecule has 1 N–H and O–H groups in total. The Morgan fingerprint density at radius 1 is 1.27 bits per heavy atom. The number of aliphatic hydroxyl groups excluding tert-OH is 1. The summed E-state index contributed by atoms with van der Waals surface area (Å²) < 4.78 is 0. The molecule has 0 bridgehead atoms. The Morgan fingerprint density at radius 2 is 2.09 bits per heavy atom. The van der Waals surface area contributed by atoms with Gasteiger partial charge in [-0.2, -0.15) is 5.26 Å². The molecule has 2 heterocycles. The molecule has 1 aliphatic heterocycles. The van der Waals surface area contributed by atoms with Crippen molar-refractivity contribution in [3.05, 3.63) is 29.6 Å². The molecule has 0 spiro atoms. The van der Waals surface area contributed by atoms with Gasteiger partial charge in [-0.1, -0.05) is 12.8 Å². The lowest BCUT2D eigenvalue weighted by atomic mass is 9.80. The summed E-state index contributed by atoms with van der Waals surface area (Å²) in [6.45, 7) is 0.731. The normalized spacial score (nSPS) is 28.4. The molecule has 3 atom stereocenters. The molecule has 0 aromatic carbocycles. The average molecular weight is 299 g/mol. The van der Waals surface area contributed by atoms with Gasteiger partial charge in [0.05, 0.1) is 11.7 Å². The van der Waals surface area contributed by atoms with Crippen LogP contribution in [0.4, 0.5) is 0 Å². The number of nitriles is 1. The summed E-state index contributed by atoms with van der Waals surface area (Å²) in [6, 6.07) is 5.38. The minimum Gasteiger partial charge on any atom is -0.393 e. The van der Waals surface area contributed by atoms with E-state index in [1.165, 1.54) is 6.20 Å². The molecule has 116 valence electrons. The lowest BCUT2D eigenvalue weighted by molar-refractivity contribution is 0.0209. The van der Waals surface area contributed by atoms with E-state index in [0.717, 1.165) is 45.1 Å². The van der Waals surface area contributed by atoms with Crippen molar-refractivity contribution in [2.75, 3.05) is 6.54 Å². The van der Waals surface area contributed by atoms with Crippen LogP contribution in [0.5, 0.6) is 0 Å². The number of carbonyl (C=O) groups is 1. The number of aromatic nitrogens is 1. The van der Waals surface area contributed by atoms with E-state index in [4.69, 9.17) is 5.26 Å². The smallest absolute Gasteiger partial charge is 0.272 e. The fourth-order valence-electron chi connectivity index (χ4n) is 3.81. The largest absolute Gasteiger partial charge is 0.393 e. The Hall–Kier alpha value is -1.93. The number of likely N-dealkylation sites (tertiary alicyclic amines) is 1. The van der Waals surface area contributed by atoms with Gasteiger partial charge in [-0.25, -0.2) is 4.98 Å². The van der Waals surface area contributed by atoms with Crippen LogP contribution in [0.2, 0.25) is 0 Å². The van der Waals surface area contributed by atoms with Crippen molar-refractivity contribution >= 4 is 5.91 Å². The van der Waals surface area contributed by atoms with Crippen molar-refractivity contribution in [2.24, 2.45) is 5.92 Å². The summed E-state index contributed by atoms with van der Waals surface area (Å²) in [4.78, 5) is 18.7. The van der Waals surface area contributed by atoms with E-state index in [0.29, 0.717) is 11.3 Å². The molecule has 3 rings (SSSR count). The van der Waals surface area contributed by atoms with Crippen LogP contribution in [0.15, 0.2) is 18.3 Å². The number of carbonyl (C=O) groups excluding carboxylic acids is 1. The summed E-state index contributed by atoms with van der Waals surface area (Å²) in [6.07, 6.45) is 7.15. The van der Waals surface area contributed by atoms with Gasteiger partial charge in [0.2, 0.25) is 0 Å². The summed E-state index contributed by atoms with van der Waals surface area (Å²) in [5, 5.41) is 19.1. The number of amides is 1. The highest BCUT2D eigenvalue weighted by Gasteiger charge is 2.39. The number of hydrogen-bond acceptors (Lipinski definition) is 4. The van der Waals surface area contributed by atoms with Crippen LogP contribution in [0.1, 0.15) is 54.6 Å². The van der Waals surface area contributed by atoms with Gasteiger partial charge in [0, 0.05) is 24.7 Å². The minimum atomic E-state index is -0.291. The lowest BCUT2D eigenvalue weighted by Gasteiger charge is -2.37. The Morgan fingerprint density at radius 3 is 2.77 bits per heavy atom. The van der Waals surface area contributed by atoms with Gasteiger partial charge in [0.25, 0.3) is 5.91 Å². The van der Waals surface area contributed by atoms with Gasteiger partial charge in [0.1, 0.15) is 11.8 Å². The lowest BCUT2D eigenvalue weighted by Crippen LogP contribution is -2.45. The molecular formula is C17H21N3O2. The molecule has 1 amide bonds. The van der Waals surface area contributed by atoms with E-state index in [9.17, 15) is 9.90 Å². The summed E-state index contributed by atoms with van der Waals surface area (Å²) in [5.41, 5.74) is 0.841. The molecule has 22 heavy (non-hydrogen) atoms. The van der Waals surface area contributed by atoms with Crippen molar-refractivity contribution in [2.45, 2.75) is 50.7 Å². The van der Waals surface area contributed by atoms with Crippen LogP contribution in [0, 0.1) is 17.2 Å². The topological polar surface area (TPSA) is 77.2 Å². The highest BCUT2D eigenvalue weighted by atomic mass is 16.3. The Bertz CT molecular complexity index is 579. The second kappa shape index (κ2) is 6.45. The first kappa shape index (κ1) is 15.0. The predicted octanol–water partition coefficient (Wildman–Crippen LogP) is 2.11. The molecule has 0 radical (unpaired) electrons. The van der Waals surface area contributed by atoms with Crippen LogP contribution < -0.4 is 0 Å². The van der Waals surface area contributed by atoms with Crippen molar-refractivity contribution in [1.29, 1.82) is 5.26 Å². The van der Waals surface area contributed by atoms with Crippen LogP contribution in [0.25, 0.3) is 0 Å². The first-order valence-electron chi connectivity index (χ1n) is 8.06. The fourth-order valence-corrected chi connectivity index (χ4v) is 3.81. The van der Waals surface area contributed by atoms with E-state index in [2.05, 4.69) is 4.98 Å². The molecule has 1 saturated heterocycles. The number of nitrogens with zero attached hydrogens (tertiary/aromatic N) is 3. The first-order valence-corrected chi connectivity index (χ1v) is 8.06. The van der Waals surface area contributed by atoms with Crippen LogP contribution in [0.3, 0.4) is 0 Å². The maximum atomic E-state index is 12.7. The standard InChI is InChI=1S/C17H21N3O2/c18-10-12-7-8-14(19-11-12)17(22)20-9-3-5-15(20)13-4-1-2-6-16(13)21/h7-8,11,13,15-16,21H,1-6,9H2/t13-,15+,16+/m0/s1. The SMILES string of the molecule is N#Cc1ccc(C(=O)N2CCC[C@@H]2[C@@H]2CCCC[C@H]2O)nc1. The molecule has 2 fully saturated rings. The van der Waals surface area contributed by atoms with Gasteiger partial charge in [-0.15, -0.1) is 0 Å². The molecule has 1 aromatic heterocycles. The minimum absolute atomic E-state index is 0.0789. The summed E-state index contributed by atoms with van der Waals surface area (Å²) in [7, 11) is 0. The van der Waals surface area contributed by atoms with Crippen molar-refractivity contribution in [3.8, 4) is 6.07 Å². The van der Waals surface area contributed by atoms with Crippen LogP contribution in [-0.4, -0.2) is 39.6 Å². The van der Waals surface area contributed by atoms with Crippen molar-refractivity contribution in [1.82, 2.24) is 9.88 Å². The molecule has 5 heteroatoms. The Labute approximate surface area is 130 Å². The second-order valence-electron chi connectivity index (χ2n) is 6.27. The second-order valence-corrected chi connectivity index (χ2v) is 6.27. The maximum absolute atomic E-state index is 12.7. The van der Waals surface area contributed by atoms with Gasteiger partial charge in [-0.05, 0) is 37.8 Å². The third-order valence-corrected chi connectivity index (χ3v) is 4.95. The number of rotatable bonds is 2. The summed E-state index contributed by atoms with van der Waals surface area (Å²) in [5.74, 6) is 0.114. The Kier molecular flexibility index (Phi) is 4.39. The quantitative estimate of drug-likeness (QED) is 0.907. The number of hydrogen-bond donors (Lipinski definition) is 1. The zero-order valence-corrected chi connectivity index (χ0v) is 12.6. The molecule has 2 aliphatic rings. The van der Waals surface area contributed by atoms with Gasteiger partial charge in [0.15, 0.2) is 0 Å². The van der Waals surface area contributed by atoms with Gasteiger partial charge in [-0.3, -0.25) is 4.79 Å². The first-order chi connectivity index (χ1) is 10.7. The molecular weight excluding hydrogens is 278 g/mol.